The molecule has 5 nitrogen and oxygen atoms in total. The molecule has 1 atom stereocenters. The number of para-hydroxylation sites is 3. The van der Waals surface area contributed by atoms with E-state index < -0.39 is 6.04 Å². The van der Waals surface area contributed by atoms with E-state index >= 15 is 0 Å². The van der Waals surface area contributed by atoms with Crippen LogP contribution in [0.2, 0.25) is 0 Å². The fourth-order valence-electron chi connectivity index (χ4n) is 8.13. The molecule has 8 aromatic carbocycles. The summed E-state index contributed by atoms with van der Waals surface area (Å²) in [7, 11) is 0. The molecule has 0 saturated heterocycles. The van der Waals surface area contributed by atoms with Crippen LogP contribution in [0.1, 0.15) is 22.7 Å². The number of nitrogens with one attached hydrogen (secondary N) is 1. The molecule has 3 N–H and O–H groups in total. The van der Waals surface area contributed by atoms with Crippen molar-refractivity contribution in [3.8, 4) is 22.5 Å². The first-order valence-corrected chi connectivity index (χ1v) is 18.9. The molecule has 2 heterocycles. The number of fused-ring (bicyclic) bond motifs is 6. The van der Waals surface area contributed by atoms with E-state index in [0.29, 0.717) is 5.71 Å². The average Bonchev–Trinajstić information content (AvgIpc) is 3.78. The van der Waals surface area contributed by atoms with Gasteiger partial charge < -0.3 is 14.9 Å². The van der Waals surface area contributed by atoms with Crippen LogP contribution < -0.4 is 5.73 Å². The number of amidine groups is 1. The van der Waals surface area contributed by atoms with Gasteiger partial charge in [-0.25, -0.2) is 4.99 Å². The van der Waals surface area contributed by atoms with E-state index in [1.165, 1.54) is 38.1 Å². The number of aliphatic imine (C=N–C) groups is 1. The highest BCUT2D eigenvalue weighted by Gasteiger charge is 2.19. The van der Waals surface area contributed by atoms with Gasteiger partial charge in [0.2, 0.25) is 0 Å². The first-order valence-electron chi connectivity index (χ1n) is 18.9. The molecule has 0 aliphatic carbocycles. The summed E-state index contributed by atoms with van der Waals surface area (Å²) in [5, 5.41) is 13.7. The van der Waals surface area contributed by atoms with E-state index in [2.05, 4.69) is 149 Å². The van der Waals surface area contributed by atoms with Gasteiger partial charge in [0.1, 0.15) is 0 Å². The molecule has 0 aliphatic rings. The Morgan fingerprint density at radius 2 is 0.929 bits per heavy atom. The number of rotatable bonds is 7. The van der Waals surface area contributed by atoms with Crippen LogP contribution in [0.3, 0.4) is 0 Å². The number of nitrogens with zero attached hydrogens (tertiary/aromatic N) is 3. The van der Waals surface area contributed by atoms with Gasteiger partial charge in [-0.15, -0.1) is 0 Å². The minimum Gasteiger partial charge on any atom is -0.319 e. The van der Waals surface area contributed by atoms with Crippen molar-refractivity contribution in [3.05, 3.63) is 217 Å². The summed E-state index contributed by atoms with van der Waals surface area (Å²) in [5.74, 6) is 0.175. The Labute approximate surface area is 324 Å². The molecule has 0 radical (unpaired) electrons. The highest BCUT2D eigenvalue weighted by atomic mass is 15.0. The minimum atomic E-state index is -0.513. The van der Waals surface area contributed by atoms with E-state index in [0.717, 1.165) is 44.7 Å². The molecule has 0 amide bonds. The quantitative estimate of drug-likeness (QED) is 0.125. The summed E-state index contributed by atoms with van der Waals surface area (Å²) in [5.41, 5.74) is 19.2. The van der Waals surface area contributed by atoms with Crippen molar-refractivity contribution in [3.63, 3.8) is 0 Å². The number of benzene rings is 8. The largest absolute Gasteiger partial charge is 0.319 e. The molecule has 2 aromatic heterocycles. The van der Waals surface area contributed by atoms with Gasteiger partial charge in [-0.05, 0) is 76.9 Å². The van der Waals surface area contributed by atoms with Crippen LogP contribution in [0.25, 0.3) is 66.1 Å². The van der Waals surface area contributed by atoms with Crippen molar-refractivity contribution >= 4 is 55.2 Å². The summed E-state index contributed by atoms with van der Waals surface area (Å²) in [6.07, 6.45) is 0. The van der Waals surface area contributed by atoms with Crippen molar-refractivity contribution in [2.45, 2.75) is 6.04 Å². The van der Waals surface area contributed by atoms with Crippen molar-refractivity contribution in [2.24, 2.45) is 10.7 Å². The third-order valence-corrected chi connectivity index (χ3v) is 10.8. The van der Waals surface area contributed by atoms with E-state index in [9.17, 15) is 0 Å². The van der Waals surface area contributed by atoms with E-state index in [4.69, 9.17) is 16.1 Å². The monoisotopic (exact) mass is 719 g/mol. The predicted octanol–water partition coefficient (Wildman–Crippen LogP) is 12.1. The van der Waals surface area contributed by atoms with Crippen molar-refractivity contribution < 1.29 is 0 Å². The molecule has 5 heteroatoms. The van der Waals surface area contributed by atoms with E-state index in [-0.39, 0.29) is 5.84 Å². The van der Waals surface area contributed by atoms with Gasteiger partial charge in [0.15, 0.2) is 5.84 Å². The van der Waals surface area contributed by atoms with Gasteiger partial charge in [-0.1, -0.05) is 146 Å². The van der Waals surface area contributed by atoms with Gasteiger partial charge in [-0.2, -0.15) is 0 Å². The molecule has 10 aromatic rings. The molecule has 0 bridgehead atoms. The zero-order valence-corrected chi connectivity index (χ0v) is 30.5. The number of aromatic nitrogens is 2. The van der Waals surface area contributed by atoms with Crippen LogP contribution in [0.5, 0.6) is 0 Å². The smallest absolute Gasteiger partial charge is 0.152 e. The Balaban J connectivity index is 1.09. The molecule has 0 saturated carbocycles. The molecule has 266 valence electrons. The number of nitrogens with two attached hydrogens (primary N) is 1. The molecule has 0 fully saturated rings. The second-order valence-corrected chi connectivity index (χ2v) is 14.2. The maximum Gasteiger partial charge on any atom is 0.152 e. The minimum absolute atomic E-state index is 0.175. The van der Waals surface area contributed by atoms with Gasteiger partial charge >= 0.3 is 0 Å². The fraction of sp³-hybridized carbons (Fsp3) is 0.0196. The Kier molecular flexibility index (Phi) is 8.20. The highest BCUT2D eigenvalue weighted by molar-refractivity contribution is 6.15. The lowest BCUT2D eigenvalue weighted by Crippen LogP contribution is -2.24. The summed E-state index contributed by atoms with van der Waals surface area (Å²) >= 11 is 0. The SMILES string of the molecule is N=C(N=C(c1ccc(-n2c3ccccc3c3ccc(-c4ccc5c(c4)c4ccccc4n5-c4ccccc4)cc32)cc1)[C@H](N)c1ccccc1)c1ccccc1. The van der Waals surface area contributed by atoms with Crippen LogP contribution in [0, 0.1) is 5.41 Å². The molecule has 0 aliphatic heterocycles. The maximum absolute atomic E-state index is 8.87. The summed E-state index contributed by atoms with van der Waals surface area (Å²) < 4.78 is 4.70. The van der Waals surface area contributed by atoms with Gasteiger partial charge in [0, 0.05) is 38.5 Å². The molecule has 0 unspecified atom stereocenters. The summed E-state index contributed by atoms with van der Waals surface area (Å²) in [4.78, 5) is 4.86. The van der Waals surface area contributed by atoms with Gasteiger partial charge in [0.05, 0.1) is 33.8 Å². The molecular weight excluding hydrogens is 683 g/mol. The normalized spacial score (nSPS) is 12.5. The molecule has 56 heavy (non-hydrogen) atoms. The van der Waals surface area contributed by atoms with Crippen molar-refractivity contribution in [1.82, 2.24) is 9.13 Å². The lowest BCUT2D eigenvalue weighted by Gasteiger charge is -2.17. The third kappa shape index (κ3) is 5.70. The van der Waals surface area contributed by atoms with Crippen LogP contribution in [-0.4, -0.2) is 20.7 Å². The van der Waals surface area contributed by atoms with Gasteiger partial charge in [0.25, 0.3) is 0 Å². The van der Waals surface area contributed by atoms with Crippen molar-refractivity contribution in [2.75, 3.05) is 0 Å². The number of hydrogen-bond donors (Lipinski definition) is 2. The van der Waals surface area contributed by atoms with Crippen LogP contribution in [0.4, 0.5) is 0 Å². The first-order chi connectivity index (χ1) is 27.6. The Bertz CT molecular complexity index is 3080. The van der Waals surface area contributed by atoms with Crippen LogP contribution in [-0.2, 0) is 0 Å². The Morgan fingerprint density at radius 1 is 0.429 bits per heavy atom. The lowest BCUT2D eigenvalue weighted by atomic mass is 9.96. The fourth-order valence-corrected chi connectivity index (χ4v) is 8.13. The predicted molar refractivity (Wildman–Crippen MR) is 234 cm³/mol. The third-order valence-electron chi connectivity index (χ3n) is 10.8. The van der Waals surface area contributed by atoms with E-state index in [1.54, 1.807) is 0 Å². The average molecular weight is 720 g/mol. The van der Waals surface area contributed by atoms with Crippen LogP contribution in [0.15, 0.2) is 205 Å². The first kappa shape index (κ1) is 33.2. The standard InChI is InChI=1S/C51H37N5/c52-49(34-14-4-1-5-15-34)50(54-51(53)36-16-6-2-7-17-36)35-24-28-40(29-25-35)56-45-22-12-10-20-41(45)43-30-26-38(33-48(43)56)37-27-31-47-44(32-37)42-21-11-13-23-46(42)55(47)39-18-8-3-9-19-39/h1-33,49,53H,52H2/t49-/m1/s1. The van der Waals surface area contributed by atoms with E-state index in [1.807, 2.05) is 60.7 Å². The summed E-state index contributed by atoms with van der Waals surface area (Å²) in [6, 6.07) is 69.0. The second-order valence-electron chi connectivity index (χ2n) is 14.2. The lowest BCUT2D eigenvalue weighted by molar-refractivity contribution is 0.960. The van der Waals surface area contributed by atoms with Crippen molar-refractivity contribution in [1.29, 1.82) is 5.41 Å². The zero-order valence-electron chi connectivity index (χ0n) is 30.5. The van der Waals surface area contributed by atoms with Gasteiger partial charge in [-0.3, -0.25) is 5.41 Å². The summed E-state index contributed by atoms with van der Waals surface area (Å²) in [6.45, 7) is 0. The number of hydrogen-bond acceptors (Lipinski definition) is 2. The topological polar surface area (TPSA) is 72.1 Å². The highest BCUT2D eigenvalue weighted by Crippen LogP contribution is 2.38. The Hall–Kier alpha value is -7.34. The molecule has 0 spiro atoms. The maximum atomic E-state index is 8.87. The van der Waals surface area contributed by atoms with Crippen LogP contribution >= 0.6 is 0 Å². The molecule has 10 rings (SSSR count). The second kappa shape index (κ2) is 13.8. The molecular formula is C51H37N5. The zero-order chi connectivity index (χ0) is 37.6. The Morgan fingerprint density at radius 3 is 1.62 bits per heavy atom.